The zero-order chi connectivity index (χ0) is 18.5. The van der Waals surface area contributed by atoms with Crippen molar-refractivity contribution in [3.63, 3.8) is 0 Å². The predicted molar refractivity (Wildman–Crippen MR) is 112 cm³/mol. The van der Waals surface area contributed by atoms with E-state index < -0.39 is 0 Å². The lowest BCUT2D eigenvalue weighted by atomic mass is 10.2. The monoisotopic (exact) mass is 396 g/mol. The molecular formula is C20H20N4OS2. The zero-order valence-electron chi connectivity index (χ0n) is 14.8. The molecule has 1 aliphatic heterocycles. The van der Waals surface area contributed by atoms with Gasteiger partial charge in [-0.2, -0.15) is 11.8 Å². The molecule has 7 heteroatoms. The summed E-state index contributed by atoms with van der Waals surface area (Å²) in [6.07, 6.45) is 1.85. The molecule has 1 amide bonds. The van der Waals surface area contributed by atoms with Crippen LogP contribution in [0, 0.1) is 0 Å². The van der Waals surface area contributed by atoms with E-state index in [1.165, 1.54) is 11.3 Å². The summed E-state index contributed by atoms with van der Waals surface area (Å²) in [5, 5.41) is 5.52. The molecular weight excluding hydrogens is 376 g/mol. The first kappa shape index (κ1) is 18.0. The molecule has 1 aromatic carbocycles. The molecule has 0 aliphatic carbocycles. The Morgan fingerprint density at radius 3 is 2.67 bits per heavy atom. The number of benzene rings is 1. The molecule has 1 aliphatic rings. The van der Waals surface area contributed by atoms with E-state index in [2.05, 4.69) is 20.2 Å². The maximum absolute atomic E-state index is 12.3. The smallest absolute Gasteiger partial charge is 0.271 e. The molecule has 5 nitrogen and oxygen atoms in total. The predicted octanol–water partition coefficient (Wildman–Crippen LogP) is 3.69. The summed E-state index contributed by atoms with van der Waals surface area (Å²) >= 11 is 3.45. The molecule has 138 valence electrons. The van der Waals surface area contributed by atoms with Crippen molar-refractivity contribution in [1.82, 2.24) is 15.3 Å². The SMILES string of the molecule is O=C(NCc1ccccc1)c1csc(-c2ccc(N3CCSCC3)nc2)n1. The number of amides is 1. The lowest BCUT2D eigenvalue weighted by molar-refractivity contribution is 0.0946. The average Bonchev–Trinajstić information content (AvgIpc) is 3.24. The lowest BCUT2D eigenvalue weighted by Gasteiger charge is -2.27. The van der Waals surface area contributed by atoms with Crippen LogP contribution in [0.25, 0.3) is 10.6 Å². The topological polar surface area (TPSA) is 58.1 Å². The Morgan fingerprint density at radius 2 is 1.93 bits per heavy atom. The van der Waals surface area contributed by atoms with Crippen LogP contribution in [0.3, 0.4) is 0 Å². The number of nitrogens with zero attached hydrogens (tertiary/aromatic N) is 3. The zero-order valence-corrected chi connectivity index (χ0v) is 16.4. The second kappa shape index (κ2) is 8.54. The van der Waals surface area contributed by atoms with Crippen molar-refractivity contribution in [2.24, 2.45) is 0 Å². The Labute approximate surface area is 166 Å². The average molecular weight is 397 g/mol. The minimum atomic E-state index is -0.156. The van der Waals surface area contributed by atoms with Crippen LogP contribution in [-0.2, 0) is 6.54 Å². The van der Waals surface area contributed by atoms with Crippen LogP contribution in [0.1, 0.15) is 16.1 Å². The third-order valence-corrected chi connectivity index (χ3v) is 6.20. The Kier molecular flexibility index (Phi) is 5.69. The van der Waals surface area contributed by atoms with Crippen LogP contribution in [0.4, 0.5) is 5.82 Å². The van der Waals surface area contributed by atoms with Gasteiger partial charge in [-0.1, -0.05) is 30.3 Å². The van der Waals surface area contributed by atoms with Gasteiger partial charge in [-0.05, 0) is 17.7 Å². The lowest BCUT2D eigenvalue weighted by Crippen LogP contribution is -2.32. The van der Waals surface area contributed by atoms with Crippen LogP contribution >= 0.6 is 23.1 Å². The third kappa shape index (κ3) is 4.48. The molecule has 2 aromatic heterocycles. The van der Waals surface area contributed by atoms with Crippen molar-refractivity contribution in [2.45, 2.75) is 6.54 Å². The molecule has 1 N–H and O–H groups in total. The maximum Gasteiger partial charge on any atom is 0.271 e. The largest absolute Gasteiger partial charge is 0.355 e. The second-order valence-electron chi connectivity index (χ2n) is 6.21. The number of thiazole rings is 1. The highest BCUT2D eigenvalue weighted by Crippen LogP contribution is 2.25. The van der Waals surface area contributed by atoms with Crippen molar-refractivity contribution in [1.29, 1.82) is 0 Å². The van der Waals surface area contributed by atoms with Gasteiger partial charge in [0.1, 0.15) is 16.5 Å². The summed E-state index contributed by atoms with van der Waals surface area (Å²) in [5.41, 5.74) is 2.46. The van der Waals surface area contributed by atoms with Crippen molar-refractivity contribution in [3.05, 3.63) is 65.3 Å². The summed E-state index contributed by atoms with van der Waals surface area (Å²) in [4.78, 5) is 23.7. The number of carbonyl (C=O) groups is 1. The molecule has 0 saturated carbocycles. The fourth-order valence-corrected chi connectivity index (χ4v) is 4.57. The number of hydrogen-bond donors (Lipinski definition) is 1. The number of aromatic nitrogens is 2. The van der Waals surface area contributed by atoms with Crippen molar-refractivity contribution >= 4 is 34.8 Å². The van der Waals surface area contributed by atoms with Gasteiger partial charge < -0.3 is 10.2 Å². The number of nitrogens with one attached hydrogen (secondary N) is 1. The van der Waals surface area contributed by atoms with E-state index in [4.69, 9.17) is 0 Å². The van der Waals surface area contributed by atoms with Gasteiger partial charge in [-0.15, -0.1) is 11.3 Å². The van der Waals surface area contributed by atoms with E-state index in [9.17, 15) is 4.79 Å². The van der Waals surface area contributed by atoms with Crippen LogP contribution in [0.15, 0.2) is 54.0 Å². The molecule has 4 rings (SSSR count). The Morgan fingerprint density at radius 1 is 1.11 bits per heavy atom. The number of hydrogen-bond acceptors (Lipinski definition) is 6. The molecule has 0 spiro atoms. The van der Waals surface area contributed by atoms with Gasteiger partial charge in [0.05, 0.1) is 0 Å². The van der Waals surface area contributed by atoms with Gasteiger partial charge in [0.2, 0.25) is 0 Å². The molecule has 0 bridgehead atoms. The fraction of sp³-hybridized carbons (Fsp3) is 0.250. The highest BCUT2D eigenvalue weighted by atomic mass is 32.2. The molecule has 3 aromatic rings. The minimum absolute atomic E-state index is 0.156. The number of rotatable bonds is 5. The van der Waals surface area contributed by atoms with E-state index >= 15 is 0 Å². The van der Waals surface area contributed by atoms with E-state index in [1.54, 1.807) is 5.38 Å². The van der Waals surface area contributed by atoms with Gasteiger partial charge in [-0.3, -0.25) is 4.79 Å². The highest BCUT2D eigenvalue weighted by Gasteiger charge is 2.14. The molecule has 1 saturated heterocycles. The molecule has 0 atom stereocenters. The Balaban J connectivity index is 1.40. The molecule has 3 heterocycles. The summed E-state index contributed by atoms with van der Waals surface area (Å²) in [6.45, 7) is 2.58. The summed E-state index contributed by atoms with van der Waals surface area (Å²) in [7, 11) is 0. The standard InChI is InChI=1S/C20H20N4OS2/c25-19(22-12-15-4-2-1-3-5-15)17-14-27-20(23-17)16-6-7-18(21-13-16)24-8-10-26-11-9-24/h1-7,13-14H,8-12H2,(H,22,25). The van der Waals surface area contributed by atoms with Gasteiger partial charge in [0.15, 0.2) is 0 Å². The van der Waals surface area contributed by atoms with Crippen molar-refractivity contribution in [2.75, 3.05) is 29.5 Å². The maximum atomic E-state index is 12.3. The molecule has 27 heavy (non-hydrogen) atoms. The van der Waals surface area contributed by atoms with E-state index in [-0.39, 0.29) is 5.91 Å². The summed E-state index contributed by atoms with van der Waals surface area (Å²) in [5.74, 6) is 3.16. The van der Waals surface area contributed by atoms with E-state index in [0.29, 0.717) is 12.2 Å². The molecule has 0 radical (unpaired) electrons. The molecule has 0 unspecified atom stereocenters. The van der Waals surface area contributed by atoms with E-state index in [1.807, 2.05) is 60.4 Å². The van der Waals surface area contributed by atoms with Crippen LogP contribution < -0.4 is 10.2 Å². The summed E-state index contributed by atoms with van der Waals surface area (Å²) in [6, 6.07) is 13.9. The van der Waals surface area contributed by atoms with Gasteiger partial charge >= 0.3 is 0 Å². The van der Waals surface area contributed by atoms with Gasteiger partial charge in [0.25, 0.3) is 5.91 Å². The van der Waals surface area contributed by atoms with E-state index in [0.717, 1.165) is 46.5 Å². The first-order valence-corrected chi connectivity index (χ1v) is 10.9. The number of thioether (sulfide) groups is 1. The quantitative estimate of drug-likeness (QED) is 0.713. The van der Waals surface area contributed by atoms with Crippen molar-refractivity contribution in [3.8, 4) is 10.6 Å². The fourth-order valence-electron chi connectivity index (χ4n) is 2.87. The normalized spacial score (nSPS) is 14.1. The van der Waals surface area contributed by atoms with Crippen molar-refractivity contribution < 1.29 is 4.79 Å². The second-order valence-corrected chi connectivity index (χ2v) is 8.29. The highest BCUT2D eigenvalue weighted by molar-refractivity contribution is 7.99. The van der Waals surface area contributed by atoms with Crippen LogP contribution in [-0.4, -0.2) is 40.5 Å². The van der Waals surface area contributed by atoms with Crippen LogP contribution in [0.5, 0.6) is 0 Å². The Hall–Kier alpha value is -2.38. The van der Waals surface area contributed by atoms with Gasteiger partial charge in [-0.25, -0.2) is 9.97 Å². The third-order valence-electron chi connectivity index (χ3n) is 4.36. The first-order valence-electron chi connectivity index (χ1n) is 8.86. The number of pyridine rings is 1. The minimum Gasteiger partial charge on any atom is -0.355 e. The van der Waals surface area contributed by atoms with Gasteiger partial charge in [0, 0.05) is 48.3 Å². The first-order chi connectivity index (χ1) is 13.3. The van der Waals surface area contributed by atoms with Crippen LogP contribution in [0.2, 0.25) is 0 Å². The summed E-state index contributed by atoms with van der Waals surface area (Å²) < 4.78 is 0. The Bertz CT molecular complexity index is 890. The number of carbonyl (C=O) groups excluding carboxylic acids is 1. The number of anilines is 1. The molecule has 1 fully saturated rings.